The number of ether oxygens (including phenoxy) is 1. The summed E-state index contributed by atoms with van der Waals surface area (Å²) in [6, 6.07) is 13.9. The number of benzene rings is 2. The van der Waals surface area contributed by atoms with Gasteiger partial charge in [-0.2, -0.15) is 0 Å². The van der Waals surface area contributed by atoms with E-state index in [9.17, 15) is 9.50 Å². The molecule has 1 aliphatic heterocycles. The highest BCUT2D eigenvalue weighted by Crippen LogP contribution is 2.23. The summed E-state index contributed by atoms with van der Waals surface area (Å²) in [4.78, 5) is 5.99. The average molecular weight is 405 g/mol. The van der Waals surface area contributed by atoms with E-state index in [2.05, 4.69) is 40.3 Å². The van der Waals surface area contributed by atoms with Gasteiger partial charge in [-0.3, -0.25) is 9.80 Å². The zero-order chi connectivity index (χ0) is 19.9. The number of halogens is 1. The maximum atomic E-state index is 14.4. The van der Waals surface area contributed by atoms with Gasteiger partial charge in [0.05, 0.1) is 7.11 Å². The van der Waals surface area contributed by atoms with Crippen molar-refractivity contribution in [2.45, 2.75) is 30.4 Å². The van der Waals surface area contributed by atoms with Crippen molar-refractivity contribution < 1.29 is 14.2 Å². The number of piperazine rings is 1. The first kappa shape index (κ1) is 21.1. The van der Waals surface area contributed by atoms with Crippen LogP contribution in [0.15, 0.2) is 47.4 Å². The Morgan fingerprint density at radius 2 is 2.04 bits per heavy atom. The van der Waals surface area contributed by atoms with E-state index in [1.54, 1.807) is 31.0 Å². The van der Waals surface area contributed by atoms with Gasteiger partial charge in [0, 0.05) is 61.9 Å². The highest BCUT2D eigenvalue weighted by Gasteiger charge is 2.27. The van der Waals surface area contributed by atoms with E-state index < -0.39 is 0 Å². The molecule has 0 spiro atoms. The third-order valence-electron chi connectivity index (χ3n) is 5.33. The van der Waals surface area contributed by atoms with E-state index in [1.165, 1.54) is 16.5 Å². The molecule has 152 valence electrons. The zero-order valence-corrected chi connectivity index (χ0v) is 17.4. The zero-order valence-electron chi connectivity index (χ0n) is 16.6. The minimum absolute atomic E-state index is 0.141. The van der Waals surface area contributed by atoms with Gasteiger partial charge in [-0.05, 0) is 36.4 Å². The molecule has 6 heteroatoms. The van der Waals surface area contributed by atoms with Gasteiger partial charge in [-0.15, -0.1) is 11.8 Å². The molecule has 1 atom stereocenters. The number of methoxy groups -OCH3 is 1. The minimum atomic E-state index is -0.238. The predicted molar refractivity (Wildman–Crippen MR) is 112 cm³/mol. The summed E-state index contributed by atoms with van der Waals surface area (Å²) < 4.78 is 19.5. The van der Waals surface area contributed by atoms with Crippen LogP contribution >= 0.6 is 11.8 Å². The Morgan fingerprint density at radius 1 is 1.18 bits per heavy atom. The summed E-state index contributed by atoms with van der Waals surface area (Å²) >= 11 is 1.75. The van der Waals surface area contributed by atoms with Crippen molar-refractivity contribution in [1.29, 1.82) is 0 Å². The van der Waals surface area contributed by atoms with Gasteiger partial charge in [-0.1, -0.05) is 18.2 Å². The van der Waals surface area contributed by atoms with Crippen molar-refractivity contribution in [1.82, 2.24) is 9.80 Å². The van der Waals surface area contributed by atoms with E-state index in [0.717, 1.165) is 26.2 Å². The fraction of sp³-hybridized carbons (Fsp3) is 0.455. The third-order valence-corrected chi connectivity index (χ3v) is 6.05. The average Bonchev–Trinajstić information content (AvgIpc) is 2.71. The molecule has 0 amide bonds. The van der Waals surface area contributed by atoms with Crippen LogP contribution in [0.2, 0.25) is 0 Å². The number of rotatable bonds is 8. The lowest BCUT2D eigenvalue weighted by Gasteiger charge is -2.41. The maximum absolute atomic E-state index is 14.4. The highest BCUT2D eigenvalue weighted by atomic mass is 32.2. The van der Waals surface area contributed by atoms with E-state index in [0.29, 0.717) is 24.3 Å². The van der Waals surface area contributed by atoms with Crippen LogP contribution in [0.5, 0.6) is 5.75 Å². The Bertz CT molecular complexity index is 774. The smallest absolute Gasteiger partial charge is 0.131 e. The van der Waals surface area contributed by atoms with Crippen LogP contribution in [0.25, 0.3) is 0 Å². The Kier molecular flexibility index (Phi) is 7.73. The van der Waals surface area contributed by atoms with Crippen molar-refractivity contribution in [3.8, 4) is 5.75 Å². The molecule has 28 heavy (non-hydrogen) atoms. The Morgan fingerprint density at radius 3 is 2.75 bits per heavy atom. The molecule has 2 aromatic carbocycles. The first-order valence-corrected chi connectivity index (χ1v) is 10.9. The van der Waals surface area contributed by atoms with E-state index in [-0.39, 0.29) is 18.5 Å². The monoisotopic (exact) mass is 404 g/mol. The number of thioether (sulfide) groups is 1. The first-order valence-electron chi connectivity index (χ1n) is 9.65. The lowest BCUT2D eigenvalue weighted by Crippen LogP contribution is -2.52. The van der Waals surface area contributed by atoms with Gasteiger partial charge in [-0.25, -0.2) is 4.39 Å². The highest BCUT2D eigenvalue weighted by molar-refractivity contribution is 7.98. The van der Waals surface area contributed by atoms with Crippen LogP contribution in [-0.2, 0) is 13.1 Å². The lowest BCUT2D eigenvalue weighted by atomic mass is 10.1. The molecule has 1 aliphatic rings. The molecular weight excluding hydrogens is 375 g/mol. The topological polar surface area (TPSA) is 35.9 Å². The number of aliphatic hydroxyl groups excluding tert-OH is 1. The standard InChI is InChI=1S/C22H29FN2O2S/c1-27-20-7-6-18(22(23)13-20)15-25-10-9-24(16-19(25)8-11-26)14-17-4-3-5-21(12-17)28-2/h3-7,12-13,19,26H,8-11,14-16H2,1-2H3/t19-/m1/s1. The molecule has 1 heterocycles. The molecule has 3 rings (SSSR count). The quantitative estimate of drug-likeness (QED) is 0.680. The SMILES string of the molecule is COc1ccc(CN2CCN(Cc3cccc(SC)c3)C[C@H]2CCO)c(F)c1. The lowest BCUT2D eigenvalue weighted by molar-refractivity contribution is 0.0492. The molecule has 1 fully saturated rings. The molecule has 0 unspecified atom stereocenters. The molecule has 0 aromatic heterocycles. The van der Waals surface area contributed by atoms with Crippen molar-refractivity contribution in [2.75, 3.05) is 39.6 Å². The van der Waals surface area contributed by atoms with Crippen LogP contribution in [0.3, 0.4) is 0 Å². The Balaban J connectivity index is 1.65. The normalized spacial score (nSPS) is 18.4. The van der Waals surface area contributed by atoms with Crippen LogP contribution in [0.4, 0.5) is 4.39 Å². The van der Waals surface area contributed by atoms with Gasteiger partial charge in [0.2, 0.25) is 0 Å². The van der Waals surface area contributed by atoms with Crippen molar-refractivity contribution >= 4 is 11.8 Å². The van der Waals surface area contributed by atoms with E-state index in [4.69, 9.17) is 4.74 Å². The molecule has 1 N–H and O–H groups in total. The van der Waals surface area contributed by atoms with Gasteiger partial charge in [0.1, 0.15) is 11.6 Å². The largest absolute Gasteiger partial charge is 0.497 e. The number of hydrogen-bond donors (Lipinski definition) is 1. The van der Waals surface area contributed by atoms with Crippen molar-refractivity contribution in [3.05, 3.63) is 59.4 Å². The summed E-state index contributed by atoms with van der Waals surface area (Å²) in [5.74, 6) is 0.295. The molecule has 0 aliphatic carbocycles. The summed E-state index contributed by atoms with van der Waals surface area (Å²) in [5, 5.41) is 9.53. The Labute approximate surface area is 171 Å². The minimum Gasteiger partial charge on any atom is -0.497 e. The second-order valence-electron chi connectivity index (χ2n) is 7.18. The number of hydrogen-bond acceptors (Lipinski definition) is 5. The number of nitrogens with zero attached hydrogens (tertiary/aromatic N) is 2. The summed E-state index contributed by atoms with van der Waals surface area (Å²) in [6.45, 7) is 4.27. The van der Waals surface area contributed by atoms with Crippen molar-refractivity contribution in [3.63, 3.8) is 0 Å². The molecular formula is C22H29FN2O2S. The second kappa shape index (κ2) is 10.3. The molecule has 4 nitrogen and oxygen atoms in total. The van der Waals surface area contributed by atoms with E-state index in [1.807, 2.05) is 0 Å². The fourth-order valence-corrected chi connectivity index (χ4v) is 4.25. The maximum Gasteiger partial charge on any atom is 0.131 e. The van der Waals surface area contributed by atoms with Gasteiger partial charge in [0.25, 0.3) is 0 Å². The van der Waals surface area contributed by atoms with Gasteiger partial charge >= 0.3 is 0 Å². The molecule has 2 aromatic rings. The van der Waals surface area contributed by atoms with Crippen molar-refractivity contribution in [2.24, 2.45) is 0 Å². The summed E-state index contributed by atoms with van der Waals surface area (Å²) in [5.41, 5.74) is 1.98. The Hall–Kier alpha value is -1.60. The van der Waals surface area contributed by atoms with Crippen LogP contribution in [-0.4, -0.2) is 60.6 Å². The second-order valence-corrected chi connectivity index (χ2v) is 8.06. The molecule has 1 saturated heterocycles. The van der Waals surface area contributed by atoms with Gasteiger partial charge in [0.15, 0.2) is 0 Å². The molecule has 0 radical (unpaired) electrons. The van der Waals surface area contributed by atoms with Gasteiger partial charge < -0.3 is 9.84 Å². The van der Waals surface area contributed by atoms with Crippen LogP contribution in [0.1, 0.15) is 17.5 Å². The first-order chi connectivity index (χ1) is 13.6. The fourth-order valence-electron chi connectivity index (χ4n) is 3.76. The summed E-state index contributed by atoms with van der Waals surface area (Å²) in [6.07, 6.45) is 2.78. The number of aliphatic hydroxyl groups is 1. The molecule has 0 saturated carbocycles. The van der Waals surface area contributed by atoms with E-state index >= 15 is 0 Å². The van der Waals surface area contributed by atoms with Crippen LogP contribution in [0, 0.1) is 5.82 Å². The summed E-state index contributed by atoms with van der Waals surface area (Å²) in [7, 11) is 1.54. The van der Waals surface area contributed by atoms with Crippen LogP contribution < -0.4 is 4.74 Å². The third kappa shape index (κ3) is 5.47. The molecule has 0 bridgehead atoms. The predicted octanol–water partition coefficient (Wildman–Crippen LogP) is 3.63.